The average molecular weight is 793 g/mol. The van der Waals surface area contributed by atoms with Crippen molar-refractivity contribution in [1.29, 1.82) is 0 Å². The monoisotopic (exact) mass is 792 g/mol. The van der Waals surface area contributed by atoms with Crippen molar-refractivity contribution in [3.05, 3.63) is 218 Å². The van der Waals surface area contributed by atoms with Crippen LogP contribution in [0, 0.1) is 0 Å². The minimum Gasteiger partial charge on any atom is -0.456 e. The van der Waals surface area contributed by atoms with Gasteiger partial charge in [0.15, 0.2) is 0 Å². The summed E-state index contributed by atoms with van der Waals surface area (Å²) in [6.45, 7) is 0. The highest BCUT2D eigenvalue weighted by Crippen LogP contribution is 2.45. The zero-order valence-corrected chi connectivity index (χ0v) is 33.5. The summed E-state index contributed by atoms with van der Waals surface area (Å²) < 4.78 is 15.2. The molecule has 0 aliphatic carbocycles. The van der Waals surface area contributed by atoms with E-state index in [1.54, 1.807) is 0 Å². The summed E-state index contributed by atoms with van der Waals surface area (Å²) in [5, 5.41) is 9.17. The van der Waals surface area contributed by atoms with Gasteiger partial charge in [0, 0.05) is 49.4 Å². The number of para-hydroxylation sites is 3. The molecule has 13 aromatic rings. The zero-order valence-electron chi connectivity index (χ0n) is 33.5. The first kappa shape index (κ1) is 34.5. The highest BCUT2D eigenvalue weighted by molar-refractivity contribution is 6.19. The van der Waals surface area contributed by atoms with E-state index in [4.69, 9.17) is 8.83 Å². The Hall–Kier alpha value is -8.34. The number of nitrogens with zero attached hydrogens (tertiary/aromatic N) is 2. The number of hydrogen-bond acceptors (Lipinski definition) is 3. The fourth-order valence-electron chi connectivity index (χ4n) is 9.67. The van der Waals surface area contributed by atoms with Crippen LogP contribution in [0.4, 0.5) is 17.1 Å². The molecular weight excluding hydrogens is 757 g/mol. The van der Waals surface area contributed by atoms with Gasteiger partial charge in [-0.1, -0.05) is 127 Å². The third kappa shape index (κ3) is 5.33. The summed E-state index contributed by atoms with van der Waals surface area (Å²) in [6, 6.07) is 78.0. The predicted molar refractivity (Wildman–Crippen MR) is 258 cm³/mol. The average Bonchev–Trinajstić information content (AvgIpc) is 4.02. The lowest BCUT2D eigenvalue weighted by Gasteiger charge is -2.26. The van der Waals surface area contributed by atoms with E-state index in [0.717, 1.165) is 94.1 Å². The summed E-state index contributed by atoms with van der Waals surface area (Å²) in [6.07, 6.45) is 0. The van der Waals surface area contributed by atoms with E-state index < -0.39 is 0 Å². The van der Waals surface area contributed by atoms with Gasteiger partial charge in [0.1, 0.15) is 22.3 Å². The number of benzene rings is 10. The van der Waals surface area contributed by atoms with E-state index in [0.29, 0.717) is 0 Å². The second kappa shape index (κ2) is 13.6. The molecule has 0 atom stereocenters. The molecule has 3 aromatic heterocycles. The van der Waals surface area contributed by atoms with Crippen LogP contribution in [0.2, 0.25) is 0 Å². The Morgan fingerprint density at radius 1 is 0.339 bits per heavy atom. The number of hydrogen-bond donors (Lipinski definition) is 0. The summed E-state index contributed by atoms with van der Waals surface area (Å²) in [4.78, 5) is 2.36. The SMILES string of the molecule is c1ccc(-n2c3ccccc3c3cc(-c4ccc(N(c5ccc(-c6ccc7oc8ccccc8c7c6)cc5)c5cccc6oc7c8ccccc8ccc7c56)cc4)ccc32)cc1. The van der Waals surface area contributed by atoms with Crippen molar-refractivity contribution in [2.45, 2.75) is 0 Å². The molecule has 0 amide bonds. The maximum absolute atomic E-state index is 6.70. The molecule has 4 heteroatoms. The van der Waals surface area contributed by atoms with E-state index in [9.17, 15) is 0 Å². The summed E-state index contributed by atoms with van der Waals surface area (Å²) in [5.41, 5.74) is 14.9. The van der Waals surface area contributed by atoms with Gasteiger partial charge in [0.05, 0.1) is 22.1 Å². The fourth-order valence-corrected chi connectivity index (χ4v) is 9.67. The number of anilines is 3. The van der Waals surface area contributed by atoms with Crippen LogP contribution in [-0.2, 0) is 0 Å². The van der Waals surface area contributed by atoms with Crippen molar-refractivity contribution < 1.29 is 8.83 Å². The molecule has 4 nitrogen and oxygen atoms in total. The summed E-state index contributed by atoms with van der Waals surface area (Å²) >= 11 is 0. The van der Waals surface area contributed by atoms with Crippen molar-refractivity contribution in [1.82, 2.24) is 4.57 Å². The minimum absolute atomic E-state index is 0.857. The van der Waals surface area contributed by atoms with E-state index in [2.05, 4.69) is 216 Å². The fraction of sp³-hybridized carbons (Fsp3) is 0. The Balaban J connectivity index is 0.947. The van der Waals surface area contributed by atoms with Gasteiger partial charge in [-0.2, -0.15) is 0 Å². The van der Waals surface area contributed by atoms with Gasteiger partial charge in [0.25, 0.3) is 0 Å². The molecule has 13 rings (SSSR count). The van der Waals surface area contributed by atoms with Crippen LogP contribution >= 0.6 is 0 Å². The van der Waals surface area contributed by atoms with Crippen molar-refractivity contribution in [3.63, 3.8) is 0 Å². The first-order valence-corrected chi connectivity index (χ1v) is 21.1. The topological polar surface area (TPSA) is 34.5 Å². The van der Waals surface area contributed by atoms with Crippen LogP contribution in [-0.4, -0.2) is 4.57 Å². The highest BCUT2D eigenvalue weighted by Gasteiger charge is 2.21. The Labute approximate surface area is 356 Å². The highest BCUT2D eigenvalue weighted by atomic mass is 16.3. The molecule has 0 radical (unpaired) electrons. The van der Waals surface area contributed by atoms with Gasteiger partial charge < -0.3 is 18.3 Å². The second-order valence-electron chi connectivity index (χ2n) is 16.1. The lowest BCUT2D eigenvalue weighted by Crippen LogP contribution is -2.10. The van der Waals surface area contributed by atoms with Gasteiger partial charge in [-0.05, 0) is 119 Å². The molecule has 0 saturated heterocycles. The standard InChI is InChI=1S/C58H36N2O2/c1-2-12-42(13-3-1)60-51-17-8-6-15-46(51)49-35-40(26-33-52(49)60)37-21-28-43(29-22-37)59(53-18-10-20-56-57(53)48-32-25-39-11-4-5-14-45(39)58(48)62-56)44-30-23-38(24-31-44)41-27-34-55-50(36-41)47-16-7-9-19-54(47)61-55/h1-36H. The van der Waals surface area contributed by atoms with Crippen LogP contribution in [0.25, 0.3) is 104 Å². The zero-order chi connectivity index (χ0) is 40.7. The van der Waals surface area contributed by atoms with E-state index in [1.807, 2.05) is 12.1 Å². The lowest BCUT2D eigenvalue weighted by atomic mass is 10.0. The number of rotatable bonds is 6. The molecule has 3 heterocycles. The minimum atomic E-state index is 0.857. The summed E-state index contributed by atoms with van der Waals surface area (Å²) in [5.74, 6) is 0. The second-order valence-corrected chi connectivity index (χ2v) is 16.1. The van der Waals surface area contributed by atoms with Crippen LogP contribution < -0.4 is 4.90 Å². The molecule has 0 spiro atoms. The quantitative estimate of drug-likeness (QED) is 0.168. The molecule has 0 fully saturated rings. The molecule has 0 unspecified atom stereocenters. The maximum Gasteiger partial charge on any atom is 0.143 e. The molecule has 0 aliphatic rings. The smallest absolute Gasteiger partial charge is 0.143 e. The van der Waals surface area contributed by atoms with Gasteiger partial charge in [-0.3, -0.25) is 0 Å². The predicted octanol–water partition coefficient (Wildman–Crippen LogP) is 16.5. The maximum atomic E-state index is 6.70. The number of furan rings is 2. The molecule has 0 aliphatic heterocycles. The Kier molecular flexibility index (Phi) is 7.57. The van der Waals surface area contributed by atoms with Crippen LogP contribution in [0.3, 0.4) is 0 Å². The van der Waals surface area contributed by atoms with Crippen molar-refractivity contribution in [2.75, 3.05) is 4.90 Å². The Bertz CT molecular complexity index is 3850. The third-order valence-corrected chi connectivity index (χ3v) is 12.6. The third-order valence-electron chi connectivity index (χ3n) is 12.6. The van der Waals surface area contributed by atoms with E-state index >= 15 is 0 Å². The molecule has 62 heavy (non-hydrogen) atoms. The van der Waals surface area contributed by atoms with E-state index in [1.165, 1.54) is 27.4 Å². The van der Waals surface area contributed by atoms with Gasteiger partial charge in [0.2, 0.25) is 0 Å². The molecular formula is C58H36N2O2. The van der Waals surface area contributed by atoms with E-state index in [-0.39, 0.29) is 0 Å². The van der Waals surface area contributed by atoms with Crippen LogP contribution in [0.5, 0.6) is 0 Å². The van der Waals surface area contributed by atoms with Gasteiger partial charge in [-0.15, -0.1) is 0 Å². The Morgan fingerprint density at radius 2 is 0.935 bits per heavy atom. The summed E-state index contributed by atoms with van der Waals surface area (Å²) in [7, 11) is 0. The number of fused-ring (bicyclic) bond motifs is 11. The first-order valence-electron chi connectivity index (χ1n) is 21.1. The molecule has 0 saturated carbocycles. The normalized spacial score (nSPS) is 11.9. The van der Waals surface area contributed by atoms with Crippen molar-refractivity contribution in [3.8, 4) is 27.9 Å². The molecule has 0 N–H and O–H groups in total. The first-order chi connectivity index (χ1) is 30.7. The number of aromatic nitrogens is 1. The largest absolute Gasteiger partial charge is 0.456 e. The Morgan fingerprint density at radius 3 is 1.73 bits per heavy atom. The van der Waals surface area contributed by atoms with Crippen LogP contribution in [0.15, 0.2) is 227 Å². The molecule has 0 bridgehead atoms. The lowest BCUT2D eigenvalue weighted by molar-refractivity contribution is 0.669. The van der Waals surface area contributed by atoms with Gasteiger partial charge in [-0.25, -0.2) is 0 Å². The van der Waals surface area contributed by atoms with Crippen molar-refractivity contribution in [2.24, 2.45) is 0 Å². The van der Waals surface area contributed by atoms with Crippen LogP contribution in [0.1, 0.15) is 0 Å². The van der Waals surface area contributed by atoms with Crippen molar-refractivity contribution >= 4 is 93.5 Å². The molecule has 290 valence electrons. The molecule has 10 aromatic carbocycles. The van der Waals surface area contributed by atoms with Gasteiger partial charge >= 0.3 is 0 Å².